The average molecular weight is 455 g/mol. The molecule has 3 amide bonds. The second-order valence-electron chi connectivity index (χ2n) is 6.99. The van der Waals surface area contributed by atoms with Crippen molar-refractivity contribution in [1.29, 1.82) is 0 Å². The highest BCUT2D eigenvalue weighted by Gasteiger charge is 2.19. The third kappa shape index (κ3) is 6.01. The molecule has 0 bridgehead atoms. The van der Waals surface area contributed by atoms with Crippen LogP contribution in [0.4, 0.5) is 14.9 Å². The molecule has 166 valence electrons. The van der Waals surface area contributed by atoms with Gasteiger partial charge < -0.3 is 10.4 Å². The van der Waals surface area contributed by atoms with Crippen LogP contribution in [0.15, 0.2) is 77.7 Å². The first-order chi connectivity index (χ1) is 15.5. The molecule has 1 atom stereocenters. The summed E-state index contributed by atoms with van der Waals surface area (Å²) in [5.41, 5.74) is 1.30. The van der Waals surface area contributed by atoms with Crippen molar-refractivity contribution in [2.24, 2.45) is 0 Å². The van der Waals surface area contributed by atoms with Crippen LogP contribution in [0.25, 0.3) is 11.1 Å². The second-order valence-corrected chi connectivity index (χ2v) is 8.56. The lowest BCUT2D eigenvalue weighted by Crippen LogP contribution is -2.39. The quantitative estimate of drug-likeness (QED) is 0.369. The van der Waals surface area contributed by atoms with E-state index in [1.807, 2.05) is 30.3 Å². The number of aromatic hydroxyl groups is 1. The predicted octanol–water partition coefficient (Wildman–Crippen LogP) is 4.46. The van der Waals surface area contributed by atoms with Crippen LogP contribution < -0.4 is 10.2 Å². The molecule has 1 unspecified atom stereocenters. The highest BCUT2D eigenvalue weighted by atomic mass is 32.2. The summed E-state index contributed by atoms with van der Waals surface area (Å²) in [6.07, 6.45) is 1.54. The zero-order chi connectivity index (χ0) is 22.9. The molecule has 0 radical (unpaired) electrons. The van der Waals surface area contributed by atoms with Gasteiger partial charge >= 0.3 is 6.03 Å². The number of hydrogen-bond acceptors (Lipinski definition) is 4. The van der Waals surface area contributed by atoms with E-state index in [1.54, 1.807) is 18.2 Å². The van der Waals surface area contributed by atoms with Crippen LogP contribution in [0.5, 0.6) is 5.75 Å². The standard InChI is InChI=1S/C24H23FN2O4S/c25-20-11-8-18(9-12-20)19-10-13-23(29)22(16-19)27(17-28)24(30)26-14-4-5-15-32(31)21-6-2-1-3-7-21/h1-3,6-13,16-17,29H,4-5,14-15H2,(H,26,30). The highest BCUT2D eigenvalue weighted by Crippen LogP contribution is 2.32. The number of unbranched alkanes of at least 4 members (excludes halogenated alkanes) is 1. The van der Waals surface area contributed by atoms with Crippen molar-refractivity contribution in [2.75, 3.05) is 17.2 Å². The Morgan fingerprint density at radius 3 is 2.38 bits per heavy atom. The van der Waals surface area contributed by atoms with Gasteiger partial charge in [-0.25, -0.2) is 14.1 Å². The largest absolute Gasteiger partial charge is 0.506 e. The zero-order valence-electron chi connectivity index (χ0n) is 17.2. The lowest BCUT2D eigenvalue weighted by molar-refractivity contribution is -0.106. The van der Waals surface area contributed by atoms with E-state index in [2.05, 4.69) is 5.32 Å². The van der Waals surface area contributed by atoms with Crippen LogP contribution in [-0.4, -0.2) is 34.1 Å². The number of benzene rings is 3. The van der Waals surface area contributed by atoms with Crippen LogP contribution >= 0.6 is 0 Å². The third-order valence-corrected chi connectivity index (χ3v) is 6.23. The molecule has 0 saturated carbocycles. The fourth-order valence-corrected chi connectivity index (χ4v) is 4.24. The summed E-state index contributed by atoms with van der Waals surface area (Å²) < 4.78 is 25.4. The van der Waals surface area contributed by atoms with Crippen LogP contribution in [0, 0.1) is 5.82 Å². The number of rotatable bonds is 9. The Balaban J connectivity index is 1.57. The number of carbonyl (C=O) groups excluding carboxylic acids is 2. The number of imide groups is 1. The molecule has 0 aromatic heterocycles. The number of hydrogen-bond donors (Lipinski definition) is 2. The summed E-state index contributed by atoms with van der Waals surface area (Å²) in [6, 6.07) is 18.7. The number of nitrogens with zero attached hydrogens (tertiary/aromatic N) is 1. The number of amides is 3. The van der Waals surface area contributed by atoms with Crippen molar-refractivity contribution in [3.8, 4) is 16.9 Å². The van der Waals surface area contributed by atoms with Gasteiger partial charge in [0.05, 0.1) is 16.5 Å². The molecule has 2 N–H and O–H groups in total. The molecule has 0 aliphatic heterocycles. The number of anilines is 1. The van der Waals surface area contributed by atoms with Crippen LogP contribution in [0.3, 0.4) is 0 Å². The van der Waals surface area contributed by atoms with Gasteiger partial charge in [-0.05, 0) is 60.4 Å². The van der Waals surface area contributed by atoms with Gasteiger partial charge in [0, 0.05) is 17.2 Å². The van der Waals surface area contributed by atoms with E-state index in [-0.39, 0.29) is 23.8 Å². The van der Waals surface area contributed by atoms with Crippen molar-refractivity contribution in [3.05, 3.63) is 78.6 Å². The number of nitrogens with one attached hydrogen (secondary N) is 1. The minimum atomic E-state index is -1.10. The SMILES string of the molecule is O=CN(C(=O)NCCCCS(=O)c1ccccc1)c1cc(-c2ccc(F)cc2)ccc1O. The van der Waals surface area contributed by atoms with Gasteiger partial charge in [0.2, 0.25) is 6.41 Å². The van der Waals surface area contributed by atoms with Crippen molar-refractivity contribution in [1.82, 2.24) is 5.32 Å². The normalized spacial score (nSPS) is 11.5. The van der Waals surface area contributed by atoms with E-state index < -0.39 is 16.8 Å². The van der Waals surface area contributed by atoms with E-state index >= 15 is 0 Å². The minimum Gasteiger partial charge on any atom is -0.506 e. The Morgan fingerprint density at radius 2 is 1.69 bits per heavy atom. The average Bonchev–Trinajstić information content (AvgIpc) is 2.81. The van der Waals surface area contributed by atoms with Gasteiger partial charge in [-0.3, -0.25) is 9.00 Å². The fourth-order valence-electron chi connectivity index (χ4n) is 3.08. The van der Waals surface area contributed by atoms with Crippen molar-refractivity contribution < 1.29 is 23.3 Å². The lowest BCUT2D eigenvalue weighted by Gasteiger charge is -2.18. The molecular formula is C24H23FN2O4S. The number of carbonyl (C=O) groups is 2. The van der Waals surface area contributed by atoms with Crippen LogP contribution in [0.2, 0.25) is 0 Å². The van der Waals surface area contributed by atoms with Gasteiger partial charge in [0.25, 0.3) is 0 Å². The van der Waals surface area contributed by atoms with Crippen LogP contribution in [0.1, 0.15) is 12.8 Å². The van der Waals surface area contributed by atoms with E-state index in [4.69, 9.17) is 0 Å². The molecule has 0 saturated heterocycles. The summed E-state index contributed by atoms with van der Waals surface area (Å²) in [4.78, 5) is 25.6. The molecule has 3 aromatic carbocycles. The van der Waals surface area contributed by atoms with Crippen molar-refractivity contribution >= 4 is 28.9 Å². The Labute approximate surface area is 188 Å². The van der Waals surface area contributed by atoms with Crippen LogP contribution in [-0.2, 0) is 15.6 Å². The monoisotopic (exact) mass is 454 g/mol. The summed E-state index contributed by atoms with van der Waals surface area (Å²) in [5, 5.41) is 12.8. The molecule has 0 spiro atoms. The summed E-state index contributed by atoms with van der Waals surface area (Å²) >= 11 is 0. The van der Waals surface area contributed by atoms with Gasteiger partial charge in [-0.15, -0.1) is 0 Å². The molecule has 3 aromatic rings. The molecule has 32 heavy (non-hydrogen) atoms. The summed E-state index contributed by atoms with van der Waals surface area (Å²) in [5.74, 6) is -0.150. The Hall–Kier alpha value is -3.52. The van der Waals surface area contributed by atoms with E-state index in [9.17, 15) is 23.3 Å². The molecule has 0 aliphatic carbocycles. The number of phenols is 1. The van der Waals surface area contributed by atoms with Gasteiger partial charge in [-0.1, -0.05) is 36.4 Å². The first-order valence-electron chi connectivity index (χ1n) is 10.0. The molecule has 8 heteroatoms. The van der Waals surface area contributed by atoms with Crippen molar-refractivity contribution in [2.45, 2.75) is 17.7 Å². The first kappa shape index (κ1) is 23.1. The molecule has 6 nitrogen and oxygen atoms in total. The van der Waals surface area contributed by atoms with Crippen molar-refractivity contribution in [3.63, 3.8) is 0 Å². The number of halogens is 1. The van der Waals surface area contributed by atoms with Gasteiger partial charge in [0.15, 0.2) is 0 Å². The Kier molecular flexibility index (Phi) is 8.10. The Morgan fingerprint density at radius 1 is 1.00 bits per heavy atom. The van der Waals surface area contributed by atoms with Gasteiger partial charge in [0.1, 0.15) is 11.6 Å². The molecule has 0 aliphatic rings. The van der Waals surface area contributed by atoms with E-state index in [0.717, 1.165) is 9.80 Å². The fraction of sp³-hybridized carbons (Fsp3) is 0.167. The molecule has 3 rings (SSSR count). The predicted molar refractivity (Wildman–Crippen MR) is 122 cm³/mol. The summed E-state index contributed by atoms with van der Waals surface area (Å²) in [7, 11) is -1.10. The third-order valence-electron chi connectivity index (χ3n) is 4.78. The second kappa shape index (κ2) is 11.2. The molecular weight excluding hydrogens is 431 g/mol. The molecule has 0 heterocycles. The number of urea groups is 1. The zero-order valence-corrected chi connectivity index (χ0v) is 18.1. The molecule has 0 fully saturated rings. The maximum atomic E-state index is 13.2. The topological polar surface area (TPSA) is 86.7 Å². The van der Waals surface area contributed by atoms with E-state index in [1.165, 1.54) is 24.3 Å². The smallest absolute Gasteiger partial charge is 0.328 e. The van der Waals surface area contributed by atoms with E-state index in [0.29, 0.717) is 36.1 Å². The highest BCUT2D eigenvalue weighted by molar-refractivity contribution is 7.85. The Bertz CT molecular complexity index is 1090. The minimum absolute atomic E-state index is 0.0181. The first-order valence-corrected chi connectivity index (χ1v) is 11.4. The maximum Gasteiger partial charge on any atom is 0.328 e. The lowest BCUT2D eigenvalue weighted by atomic mass is 10.0. The maximum absolute atomic E-state index is 13.2. The summed E-state index contributed by atoms with van der Waals surface area (Å²) in [6.45, 7) is 0.285. The van der Waals surface area contributed by atoms with Gasteiger partial charge in [-0.2, -0.15) is 0 Å². The number of phenolic OH excluding ortho intramolecular Hbond substituents is 1.